The first-order valence-corrected chi connectivity index (χ1v) is 7.35. The Labute approximate surface area is 129 Å². The van der Waals surface area contributed by atoms with E-state index < -0.39 is 5.82 Å². The molecule has 0 radical (unpaired) electrons. The maximum absolute atomic E-state index is 13.7. The highest BCUT2D eigenvalue weighted by molar-refractivity contribution is 6.30. The molecule has 3 nitrogen and oxygen atoms in total. The average Bonchev–Trinajstić information content (AvgIpc) is 2.81. The van der Waals surface area contributed by atoms with Crippen LogP contribution < -0.4 is 10.1 Å². The summed E-state index contributed by atoms with van der Waals surface area (Å²) in [7, 11) is 0. The van der Waals surface area contributed by atoms with Crippen LogP contribution in [0.25, 0.3) is 0 Å². The Morgan fingerprint density at radius 3 is 2.95 bits per heavy atom. The maximum Gasteiger partial charge on any atom is 0.183 e. The number of aryl methyl sites for hydroxylation is 1. The molecule has 0 amide bonds. The maximum atomic E-state index is 13.7. The van der Waals surface area contributed by atoms with Crippen molar-refractivity contribution in [3.05, 3.63) is 52.2 Å². The lowest BCUT2D eigenvalue weighted by atomic mass is 10.2. The summed E-state index contributed by atoms with van der Waals surface area (Å²) in [4.78, 5) is 0. The molecular formula is C16H19ClFNO2. The molecule has 5 heteroatoms. The van der Waals surface area contributed by atoms with Crippen LogP contribution in [-0.2, 0) is 13.2 Å². The molecule has 1 aromatic heterocycles. The van der Waals surface area contributed by atoms with Gasteiger partial charge in [0.2, 0.25) is 0 Å². The van der Waals surface area contributed by atoms with Crippen LogP contribution in [0.15, 0.2) is 28.7 Å². The molecule has 0 atom stereocenters. The molecule has 0 saturated carbocycles. The number of rotatable bonds is 7. The van der Waals surface area contributed by atoms with Crippen LogP contribution in [0.2, 0.25) is 5.02 Å². The number of nitrogens with one attached hydrogen (secondary N) is 1. The van der Waals surface area contributed by atoms with Crippen LogP contribution in [0, 0.1) is 12.7 Å². The SMILES string of the molecule is CCCNCc1cc(COc2cccc(Cl)c2F)oc1C. The minimum absolute atomic E-state index is 0.0487. The number of benzene rings is 1. The summed E-state index contributed by atoms with van der Waals surface area (Å²) in [5.41, 5.74) is 1.09. The second-order valence-electron chi connectivity index (χ2n) is 4.81. The number of ether oxygens (including phenoxy) is 1. The fourth-order valence-corrected chi connectivity index (χ4v) is 2.14. The second kappa shape index (κ2) is 7.48. The van der Waals surface area contributed by atoms with Crippen LogP contribution in [0.3, 0.4) is 0 Å². The highest BCUT2D eigenvalue weighted by atomic mass is 35.5. The molecule has 2 aromatic rings. The summed E-state index contributed by atoms with van der Waals surface area (Å²) >= 11 is 5.71. The number of hydrogen-bond donors (Lipinski definition) is 1. The van der Waals surface area contributed by atoms with Crippen LogP contribution in [-0.4, -0.2) is 6.54 Å². The first kappa shape index (κ1) is 15.9. The number of halogens is 2. The first-order valence-electron chi connectivity index (χ1n) is 6.97. The normalized spacial score (nSPS) is 10.9. The van der Waals surface area contributed by atoms with Crippen LogP contribution >= 0.6 is 11.6 Å². The Morgan fingerprint density at radius 2 is 2.19 bits per heavy atom. The average molecular weight is 312 g/mol. The zero-order valence-corrected chi connectivity index (χ0v) is 13.0. The van der Waals surface area contributed by atoms with Gasteiger partial charge < -0.3 is 14.5 Å². The minimum Gasteiger partial charge on any atom is -0.483 e. The van der Waals surface area contributed by atoms with E-state index in [1.807, 2.05) is 13.0 Å². The summed E-state index contributed by atoms with van der Waals surface area (Å²) in [5.74, 6) is 1.10. The molecule has 2 rings (SSSR count). The predicted octanol–water partition coefficient (Wildman–Crippen LogP) is 4.46. The van der Waals surface area contributed by atoms with Crippen molar-refractivity contribution >= 4 is 11.6 Å². The van der Waals surface area contributed by atoms with E-state index in [4.69, 9.17) is 20.8 Å². The largest absolute Gasteiger partial charge is 0.483 e. The van der Waals surface area contributed by atoms with Gasteiger partial charge in [0.1, 0.15) is 18.1 Å². The van der Waals surface area contributed by atoms with Crippen molar-refractivity contribution in [2.24, 2.45) is 0 Å². The van der Waals surface area contributed by atoms with Gasteiger partial charge in [-0.3, -0.25) is 0 Å². The molecule has 1 aromatic carbocycles. The van der Waals surface area contributed by atoms with Crippen molar-refractivity contribution in [2.45, 2.75) is 33.4 Å². The van der Waals surface area contributed by atoms with E-state index >= 15 is 0 Å². The molecule has 0 spiro atoms. The van der Waals surface area contributed by atoms with E-state index in [0.717, 1.165) is 30.8 Å². The standard InChI is InChI=1S/C16H19ClFNO2/c1-3-7-19-9-12-8-13(21-11(12)2)10-20-15-6-4-5-14(17)16(15)18/h4-6,8,19H,3,7,9-10H2,1-2H3. The van der Waals surface area contributed by atoms with Gasteiger partial charge in [-0.2, -0.15) is 0 Å². The lowest BCUT2D eigenvalue weighted by molar-refractivity contribution is 0.256. The highest BCUT2D eigenvalue weighted by Crippen LogP contribution is 2.25. The molecule has 0 saturated heterocycles. The van der Waals surface area contributed by atoms with Crippen molar-refractivity contribution < 1.29 is 13.5 Å². The lowest BCUT2D eigenvalue weighted by Gasteiger charge is -2.05. The molecule has 21 heavy (non-hydrogen) atoms. The van der Waals surface area contributed by atoms with Gasteiger partial charge in [-0.1, -0.05) is 24.6 Å². The third-order valence-corrected chi connectivity index (χ3v) is 3.39. The van der Waals surface area contributed by atoms with Crippen molar-refractivity contribution in [3.63, 3.8) is 0 Å². The van der Waals surface area contributed by atoms with Crippen molar-refractivity contribution in [1.29, 1.82) is 0 Å². The number of furan rings is 1. The van der Waals surface area contributed by atoms with Gasteiger partial charge in [-0.15, -0.1) is 0 Å². The van der Waals surface area contributed by atoms with Gasteiger partial charge >= 0.3 is 0 Å². The fourth-order valence-electron chi connectivity index (χ4n) is 1.98. The van der Waals surface area contributed by atoms with Gasteiger partial charge in [0.05, 0.1) is 5.02 Å². The fraction of sp³-hybridized carbons (Fsp3) is 0.375. The molecule has 114 valence electrons. The molecule has 0 aliphatic rings. The molecule has 1 heterocycles. The molecule has 0 fully saturated rings. The third-order valence-electron chi connectivity index (χ3n) is 3.10. The van der Waals surface area contributed by atoms with Crippen molar-refractivity contribution in [3.8, 4) is 5.75 Å². The zero-order chi connectivity index (χ0) is 15.2. The Kier molecular flexibility index (Phi) is 5.65. The summed E-state index contributed by atoms with van der Waals surface area (Å²) in [6, 6.07) is 6.60. The van der Waals surface area contributed by atoms with Gasteiger partial charge in [0, 0.05) is 12.1 Å². The predicted molar refractivity (Wildman–Crippen MR) is 81.2 cm³/mol. The van der Waals surface area contributed by atoms with Gasteiger partial charge in [0.15, 0.2) is 11.6 Å². The van der Waals surface area contributed by atoms with E-state index in [1.54, 1.807) is 12.1 Å². The zero-order valence-electron chi connectivity index (χ0n) is 12.2. The quantitative estimate of drug-likeness (QED) is 0.767. The van der Waals surface area contributed by atoms with Crippen LogP contribution in [0.5, 0.6) is 5.75 Å². The molecule has 0 aliphatic heterocycles. The smallest absolute Gasteiger partial charge is 0.183 e. The molecule has 0 aliphatic carbocycles. The lowest BCUT2D eigenvalue weighted by Crippen LogP contribution is -2.13. The van der Waals surface area contributed by atoms with E-state index in [9.17, 15) is 4.39 Å². The Balaban J connectivity index is 1.97. The minimum atomic E-state index is -0.549. The van der Waals surface area contributed by atoms with Crippen molar-refractivity contribution in [2.75, 3.05) is 6.54 Å². The monoisotopic (exact) mass is 311 g/mol. The molecule has 0 unspecified atom stereocenters. The Hall–Kier alpha value is -1.52. The Morgan fingerprint density at radius 1 is 1.38 bits per heavy atom. The summed E-state index contributed by atoms with van der Waals surface area (Å²) < 4.78 is 24.7. The highest BCUT2D eigenvalue weighted by Gasteiger charge is 2.11. The van der Waals surface area contributed by atoms with E-state index in [-0.39, 0.29) is 17.4 Å². The third kappa shape index (κ3) is 4.22. The van der Waals surface area contributed by atoms with Crippen LogP contribution in [0.1, 0.15) is 30.4 Å². The summed E-state index contributed by atoms with van der Waals surface area (Å²) in [6.45, 7) is 5.92. The topological polar surface area (TPSA) is 34.4 Å². The molecule has 0 bridgehead atoms. The summed E-state index contributed by atoms with van der Waals surface area (Å²) in [5, 5.41) is 3.37. The molecule has 1 N–H and O–H groups in total. The number of hydrogen-bond acceptors (Lipinski definition) is 3. The van der Waals surface area contributed by atoms with E-state index in [1.165, 1.54) is 6.07 Å². The van der Waals surface area contributed by atoms with Crippen molar-refractivity contribution in [1.82, 2.24) is 5.32 Å². The Bertz CT molecular complexity index is 598. The first-order chi connectivity index (χ1) is 10.1. The van der Waals surface area contributed by atoms with Gasteiger partial charge in [-0.25, -0.2) is 4.39 Å². The van der Waals surface area contributed by atoms with E-state index in [2.05, 4.69) is 12.2 Å². The van der Waals surface area contributed by atoms with Gasteiger partial charge in [-0.05, 0) is 38.1 Å². The van der Waals surface area contributed by atoms with Crippen LogP contribution in [0.4, 0.5) is 4.39 Å². The summed E-state index contributed by atoms with van der Waals surface area (Å²) in [6.07, 6.45) is 1.08. The van der Waals surface area contributed by atoms with E-state index in [0.29, 0.717) is 5.76 Å². The second-order valence-corrected chi connectivity index (χ2v) is 5.22. The molecular weight excluding hydrogens is 293 g/mol. The van der Waals surface area contributed by atoms with Gasteiger partial charge in [0.25, 0.3) is 0 Å².